The van der Waals surface area contributed by atoms with Gasteiger partial charge in [0.25, 0.3) is 5.72 Å². The number of aliphatic hydroxyl groups is 1. The molecule has 0 aliphatic carbocycles. The molecule has 4 atom stereocenters. The molecule has 1 rings (SSSR count). The molecule has 0 fully saturated rings. The fourth-order valence-corrected chi connectivity index (χ4v) is 3.36. The molecular formula is C25H40N2O7. The number of carboxylic acid groups (broad SMARTS) is 1. The lowest BCUT2D eigenvalue weighted by atomic mass is 9.97. The molecule has 4 N–H and O–H groups in total. The molecule has 34 heavy (non-hydrogen) atoms. The van der Waals surface area contributed by atoms with Crippen molar-refractivity contribution in [3.05, 3.63) is 35.9 Å². The van der Waals surface area contributed by atoms with Gasteiger partial charge in [-0.2, -0.15) is 0 Å². The highest BCUT2D eigenvalue weighted by Crippen LogP contribution is 2.29. The normalized spacial score (nSPS) is 16.1. The summed E-state index contributed by atoms with van der Waals surface area (Å²) in [5.41, 5.74) is 3.50. The zero-order chi connectivity index (χ0) is 26.1. The van der Waals surface area contributed by atoms with E-state index in [0.717, 1.165) is 12.0 Å². The number of ether oxygens (including phenoxy) is 2. The quantitative estimate of drug-likeness (QED) is 0.388. The van der Waals surface area contributed by atoms with Crippen LogP contribution in [-0.2, 0) is 25.5 Å². The Hall–Kier alpha value is -2.49. The third-order valence-electron chi connectivity index (χ3n) is 5.64. The Morgan fingerprint density at radius 3 is 2.18 bits per heavy atom. The Balaban J connectivity index is 3.47. The first-order chi connectivity index (χ1) is 15.8. The van der Waals surface area contributed by atoms with Crippen LogP contribution in [-0.4, -0.2) is 63.7 Å². The van der Waals surface area contributed by atoms with Crippen LogP contribution in [0.15, 0.2) is 30.3 Å². The summed E-state index contributed by atoms with van der Waals surface area (Å²) < 4.78 is 11.2. The maximum atomic E-state index is 13.6. The summed E-state index contributed by atoms with van der Waals surface area (Å²) in [7, 11) is 0. The molecule has 1 aromatic carbocycles. The predicted octanol–water partition coefficient (Wildman–Crippen LogP) is 3.18. The SMILES string of the molecule is CC[C@H](C)C(N)CO[C@@](CCO)(C(=O)O)N(C(=O)OC(C)(C)C)C(=O)C(C)Cc1ccccc1. The van der Waals surface area contributed by atoms with E-state index < -0.39 is 54.3 Å². The number of carboxylic acids is 1. The Morgan fingerprint density at radius 2 is 1.71 bits per heavy atom. The van der Waals surface area contributed by atoms with Crippen LogP contribution in [0.2, 0.25) is 0 Å². The van der Waals surface area contributed by atoms with Crippen LogP contribution in [0.4, 0.5) is 4.79 Å². The van der Waals surface area contributed by atoms with E-state index in [2.05, 4.69) is 0 Å². The van der Waals surface area contributed by atoms with Crippen LogP contribution < -0.4 is 5.73 Å². The van der Waals surface area contributed by atoms with Gasteiger partial charge in [-0.1, -0.05) is 57.5 Å². The van der Waals surface area contributed by atoms with Crippen molar-refractivity contribution in [2.75, 3.05) is 13.2 Å². The van der Waals surface area contributed by atoms with Crippen LogP contribution in [0.25, 0.3) is 0 Å². The van der Waals surface area contributed by atoms with Gasteiger partial charge >= 0.3 is 12.1 Å². The zero-order valence-electron chi connectivity index (χ0n) is 21.1. The molecule has 2 unspecified atom stereocenters. The zero-order valence-corrected chi connectivity index (χ0v) is 21.1. The highest BCUT2D eigenvalue weighted by atomic mass is 16.6. The third-order valence-corrected chi connectivity index (χ3v) is 5.64. The van der Waals surface area contributed by atoms with Crippen molar-refractivity contribution in [2.45, 2.75) is 78.2 Å². The van der Waals surface area contributed by atoms with Gasteiger partial charge in [-0.25, -0.2) is 14.5 Å². The summed E-state index contributed by atoms with van der Waals surface area (Å²) >= 11 is 0. The van der Waals surface area contributed by atoms with Crippen molar-refractivity contribution in [3.63, 3.8) is 0 Å². The van der Waals surface area contributed by atoms with E-state index in [9.17, 15) is 24.6 Å². The average Bonchev–Trinajstić information content (AvgIpc) is 2.75. The molecule has 0 heterocycles. The lowest BCUT2D eigenvalue weighted by Gasteiger charge is -2.40. The molecule has 1 aromatic rings. The molecule has 2 amide bonds. The van der Waals surface area contributed by atoms with Crippen molar-refractivity contribution >= 4 is 18.0 Å². The fourth-order valence-electron chi connectivity index (χ4n) is 3.36. The van der Waals surface area contributed by atoms with E-state index in [4.69, 9.17) is 15.2 Å². The van der Waals surface area contributed by atoms with E-state index in [1.807, 2.05) is 44.2 Å². The van der Waals surface area contributed by atoms with Crippen LogP contribution in [0.5, 0.6) is 0 Å². The highest BCUT2D eigenvalue weighted by molar-refractivity contribution is 5.99. The van der Waals surface area contributed by atoms with Gasteiger partial charge in [0, 0.05) is 25.0 Å². The van der Waals surface area contributed by atoms with Crippen molar-refractivity contribution in [3.8, 4) is 0 Å². The number of aliphatic carboxylic acids is 1. The van der Waals surface area contributed by atoms with E-state index >= 15 is 0 Å². The number of nitrogens with two attached hydrogens (primary N) is 1. The van der Waals surface area contributed by atoms with Gasteiger partial charge in [0.1, 0.15) is 5.60 Å². The molecular weight excluding hydrogens is 440 g/mol. The lowest BCUT2D eigenvalue weighted by molar-refractivity contribution is -0.204. The summed E-state index contributed by atoms with van der Waals surface area (Å²) in [6, 6.07) is 8.62. The lowest BCUT2D eigenvalue weighted by Crippen LogP contribution is -2.64. The van der Waals surface area contributed by atoms with Crippen LogP contribution in [0, 0.1) is 11.8 Å². The molecule has 0 spiro atoms. The molecule has 0 saturated heterocycles. The number of rotatable bonds is 12. The molecule has 0 bridgehead atoms. The molecule has 0 aliphatic rings. The molecule has 192 valence electrons. The first-order valence-electron chi connectivity index (χ1n) is 11.6. The van der Waals surface area contributed by atoms with Crippen LogP contribution in [0.1, 0.15) is 59.9 Å². The van der Waals surface area contributed by atoms with E-state index in [0.29, 0.717) is 4.90 Å². The topological polar surface area (TPSA) is 139 Å². The second kappa shape index (κ2) is 12.8. The smallest absolute Gasteiger partial charge is 0.419 e. The largest absolute Gasteiger partial charge is 0.478 e. The van der Waals surface area contributed by atoms with Gasteiger partial charge in [-0.05, 0) is 38.7 Å². The van der Waals surface area contributed by atoms with Gasteiger partial charge in [0.05, 0.1) is 6.61 Å². The van der Waals surface area contributed by atoms with E-state index in [1.54, 1.807) is 27.7 Å². The molecule has 0 radical (unpaired) electrons. The predicted molar refractivity (Wildman–Crippen MR) is 128 cm³/mol. The average molecular weight is 481 g/mol. The van der Waals surface area contributed by atoms with E-state index in [-0.39, 0.29) is 18.9 Å². The number of nitrogens with zero attached hydrogens (tertiary/aromatic N) is 1. The third kappa shape index (κ3) is 8.07. The summed E-state index contributed by atoms with van der Waals surface area (Å²) in [5, 5.41) is 19.9. The van der Waals surface area contributed by atoms with Crippen LogP contribution in [0.3, 0.4) is 0 Å². The molecule has 0 aromatic heterocycles. The fraction of sp³-hybridized carbons (Fsp3) is 0.640. The standard InChI is InChI=1S/C25H40N2O7/c1-7-17(2)20(26)16-33-25(13-14-28,22(30)31)27(23(32)34-24(4,5)6)21(29)18(3)15-19-11-9-8-10-12-19/h8-12,17-18,20,28H,7,13-16,26H2,1-6H3,(H,30,31)/t17-,18?,20?,25-/m0/s1. The number of hydrogen-bond donors (Lipinski definition) is 3. The summed E-state index contributed by atoms with van der Waals surface area (Å²) in [5.74, 6) is -3.16. The number of aliphatic hydroxyl groups excluding tert-OH is 1. The van der Waals surface area contributed by atoms with Crippen molar-refractivity contribution in [1.29, 1.82) is 0 Å². The molecule has 9 nitrogen and oxygen atoms in total. The Morgan fingerprint density at radius 1 is 1.12 bits per heavy atom. The second-order valence-corrected chi connectivity index (χ2v) is 9.67. The summed E-state index contributed by atoms with van der Waals surface area (Å²) in [4.78, 5) is 39.9. The Bertz CT molecular complexity index is 809. The van der Waals surface area contributed by atoms with Crippen molar-refractivity contribution < 1.29 is 34.1 Å². The Kier molecular flexibility index (Phi) is 11.1. The first kappa shape index (κ1) is 29.5. The van der Waals surface area contributed by atoms with Gasteiger partial charge in [0.15, 0.2) is 0 Å². The molecule has 9 heteroatoms. The number of benzene rings is 1. The van der Waals surface area contributed by atoms with Gasteiger partial charge in [-0.15, -0.1) is 0 Å². The van der Waals surface area contributed by atoms with Gasteiger partial charge in [-0.3, -0.25) is 4.79 Å². The minimum Gasteiger partial charge on any atom is -0.478 e. The summed E-state index contributed by atoms with van der Waals surface area (Å²) in [6.07, 6.45) is -0.711. The van der Waals surface area contributed by atoms with Gasteiger partial charge in [0.2, 0.25) is 5.91 Å². The number of amides is 2. The number of carbonyl (C=O) groups excluding carboxylic acids is 2. The van der Waals surface area contributed by atoms with Crippen molar-refractivity contribution in [1.82, 2.24) is 4.90 Å². The van der Waals surface area contributed by atoms with E-state index in [1.165, 1.54) is 0 Å². The minimum absolute atomic E-state index is 0.00306. The maximum absolute atomic E-state index is 13.6. The highest BCUT2D eigenvalue weighted by Gasteiger charge is 2.53. The monoisotopic (exact) mass is 480 g/mol. The molecule has 0 saturated carbocycles. The Labute approximate surface area is 202 Å². The van der Waals surface area contributed by atoms with Gasteiger partial charge < -0.3 is 25.4 Å². The minimum atomic E-state index is -2.48. The maximum Gasteiger partial charge on any atom is 0.419 e. The number of hydrogen-bond acceptors (Lipinski definition) is 7. The molecule has 0 aliphatic heterocycles. The van der Waals surface area contributed by atoms with Crippen molar-refractivity contribution in [2.24, 2.45) is 17.6 Å². The number of carbonyl (C=O) groups is 3. The summed E-state index contributed by atoms with van der Waals surface area (Å²) in [6.45, 7) is 9.36. The second-order valence-electron chi connectivity index (χ2n) is 9.67. The van der Waals surface area contributed by atoms with Crippen LogP contribution >= 0.6 is 0 Å². The number of imide groups is 1. The first-order valence-corrected chi connectivity index (χ1v) is 11.6.